The molecule has 3 rings (SSSR count). The zero-order chi connectivity index (χ0) is 16.2. The Morgan fingerprint density at radius 1 is 1.22 bits per heavy atom. The molecule has 0 radical (unpaired) electrons. The van der Waals surface area contributed by atoms with Crippen molar-refractivity contribution >= 4 is 33.5 Å². The lowest BCUT2D eigenvalue weighted by Gasteiger charge is -1.99. The molecule has 0 aliphatic rings. The molecule has 3 aromatic rings. The highest BCUT2D eigenvalue weighted by Crippen LogP contribution is 2.22. The number of methoxy groups -OCH3 is 1. The van der Waals surface area contributed by atoms with E-state index in [-0.39, 0.29) is 5.91 Å². The van der Waals surface area contributed by atoms with Crippen LogP contribution in [-0.2, 0) is 11.8 Å². The number of hydrogen-bond donors (Lipinski definition) is 0. The van der Waals surface area contributed by atoms with E-state index < -0.39 is 0 Å². The Morgan fingerprint density at radius 3 is 2.74 bits per heavy atom. The largest absolute Gasteiger partial charge is 0.497 e. The average Bonchev–Trinajstić information content (AvgIpc) is 2.89. The fourth-order valence-corrected chi connectivity index (χ4v) is 3.26. The molecular weight excluding hydrogens is 308 g/mol. The van der Waals surface area contributed by atoms with E-state index in [1.54, 1.807) is 13.2 Å². The van der Waals surface area contributed by atoms with Gasteiger partial charge in [-0.1, -0.05) is 41.7 Å². The standard InChI is InChI=1S/C18H16N2O2S/c1-20-15-10-9-14(22-2)12-16(15)23-18(20)19-17(21)11-8-13-6-4-3-5-7-13/h3-12H,1-2H3/b11-8+,19-18?. The van der Waals surface area contributed by atoms with Crippen LogP contribution in [0.4, 0.5) is 0 Å². The number of aromatic nitrogens is 1. The molecule has 4 nitrogen and oxygen atoms in total. The number of benzene rings is 2. The lowest BCUT2D eigenvalue weighted by molar-refractivity contribution is -0.113. The highest BCUT2D eigenvalue weighted by Gasteiger charge is 2.05. The topological polar surface area (TPSA) is 43.6 Å². The molecule has 1 aromatic heterocycles. The molecule has 0 unspecified atom stereocenters. The SMILES string of the molecule is COc1ccc2c(c1)sc(=NC(=O)/C=C/c1ccccc1)n2C. The van der Waals surface area contributed by atoms with Crippen LogP contribution in [0.2, 0.25) is 0 Å². The van der Waals surface area contributed by atoms with Crippen LogP contribution in [0.15, 0.2) is 59.6 Å². The van der Waals surface area contributed by atoms with Crippen LogP contribution in [0.3, 0.4) is 0 Å². The summed E-state index contributed by atoms with van der Waals surface area (Å²) in [5, 5.41) is 0. The summed E-state index contributed by atoms with van der Waals surface area (Å²) in [7, 11) is 3.54. The first-order chi connectivity index (χ1) is 11.2. The Morgan fingerprint density at radius 2 is 2.00 bits per heavy atom. The number of amides is 1. The van der Waals surface area contributed by atoms with Crippen molar-refractivity contribution < 1.29 is 9.53 Å². The van der Waals surface area contributed by atoms with Gasteiger partial charge in [0.25, 0.3) is 5.91 Å². The Hall–Kier alpha value is -2.66. The Bertz CT molecular complexity index is 937. The van der Waals surface area contributed by atoms with Crippen molar-refractivity contribution in [1.82, 2.24) is 4.57 Å². The van der Waals surface area contributed by atoms with Gasteiger partial charge in [0, 0.05) is 13.1 Å². The number of ether oxygens (including phenoxy) is 1. The molecule has 1 amide bonds. The van der Waals surface area contributed by atoms with Gasteiger partial charge in [-0.15, -0.1) is 0 Å². The smallest absolute Gasteiger partial charge is 0.272 e. The van der Waals surface area contributed by atoms with E-state index in [2.05, 4.69) is 4.99 Å². The van der Waals surface area contributed by atoms with E-state index in [1.807, 2.05) is 60.1 Å². The van der Waals surface area contributed by atoms with E-state index in [0.29, 0.717) is 4.80 Å². The highest BCUT2D eigenvalue weighted by atomic mass is 32.1. The van der Waals surface area contributed by atoms with Crippen molar-refractivity contribution in [3.05, 3.63) is 65.0 Å². The third kappa shape index (κ3) is 3.40. The Kier molecular flexibility index (Phi) is 4.39. The molecule has 2 aromatic carbocycles. The molecule has 1 heterocycles. The van der Waals surface area contributed by atoms with Crippen LogP contribution >= 0.6 is 11.3 Å². The molecular formula is C18H16N2O2S. The van der Waals surface area contributed by atoms with Crippen molar-refractivity contribution in [2.45, 2.75) is 0 Å². The van der Waals surface area contributed by atoms with Crippen molar-refractivity contribution in [3.8, 4) is 5.75 Å². The van der Waals surface area contributed by atoms with Gasteiger partial charge >= 0.3 is 0 Å². The number of thiazole rings is 1. The zero-order valence-corrected chi connectivity index (χ0v) is 13.7. The molecule has 116 valence electrons. The molecule has 0 saturated carbocycles. The molecule has 0 fully saturated rings. The number of carbonyl (C=O) groups is 1. The summed E-state index contributed by atoms with van der Waals surface area (Å²) in [5.41, 5.74) is 2.00. The van der Waals surface area contributed by atoms with Gasteiger partial charge in [0.15, 0.2) is 4.80 Å². The normalized spacial score (nSPS) is 12.2. The summed E-state index contributed by atoms with van der Waals surface area (Å²) in [6, 6.07) is 15.5. The number of aryl methyl sites for hydroxylation is 1. The molecule has 0 N–H and O–H groups in total. The zero-order valence-electron chi connectivity index (χ0n) is 12.9. The lowest BCUT2D eigenvalue weighted by atomic mass is 10.2. The maximum atomic E-state index is 12.1. The number of carbonyl (C=O) groups excluding carboxylic acids is 1. The van der Waals surface area contributed by atoms with E-state index in [1.165, 1.54) is 17.4 Å². The first-order valence-electron chi connectivity index (χ1n) is 7.13. The van der Waals surface area contributed by atoms with Crippen molar-refractivity contribution in [1.29, 1.82) is 0 Å². The third-order valence-corrected chi connectivity index (χ3v) is 4.53. The third-order valence-electron chi connectivity index (χ3n) is 3.44. The van der Waals surface area contributed by atoms with Gasteiger partial charge < -0.3 is 9.30 Å². The first kappa shape index (κ1) is 15.2. The van der Waals surface area contributed by atoms with Gasteiger partial charge in [0.2, 0.25) is 0 Å². The summed E-state index contributed by atoms with van der Waals surface area (Å²) in [5.74, 6) is 0.518. The molecule has 23 heavy (non-hydrogen) atoms. The van der Waals surface area contributed by atoms with E-state index in [4.69, 9.17) is 4.74 Å². The van der Waals surface area contributed by atoms with E-state index in [0.717, 1.165) is 21.5 Å². The van der Waals surface area contributed by atoms with Gasteiger partial charge in [-0.25, -0.2) is 0 Å². The molecule has 0 atom stereocenters. The Labute approximate surface area is 138 Å². The van der Waals surface area contributed by atoms with Crippen molar-refractivity contribution in [3.63, 3.8) is 0 Å². The van der Waals surface area contributed by atoms with Crippen LogP contribution in [-0.4, -0.2) is 17.6 Å². The molecule has 0 bridgehead atoms. The maximum absolute atomic E-state index is 12.1. The van der Waals surface area contributed by atoms with Gasteiger partial charge in [-0.05, 0) is 29.8 Å². The molecule has 5 heteroatoms. The fourth-order valence-electron chi connectivity index (χ4n) is 2.21. The highest BCUT2D eigenvalue weighted by molar-refractivity contribution is 7.16. The van der Waals surface area contributed by atoms with Crippen LogP contribution in [0.25, 0.3) is 16.3 Å². The summed E-state index contributed by atoms with van der Waals surface area (Å²) >= 11 is 1.47. The minimum Gasteiger partial charge on any atom is -0.497 e. The van der Waals surface area contributed by atoms with Crippen LogP contribution in [0.5, 0.6) is 5.75 Å². The lowest BCUT2D eigenvalue weighted by Crippen LogP contribution is -2.12. The number of nitrogens with zero attached hydrogens (tertiary/aromatic N) is 2. The predicted octanol–water partition coefficient (Wildman–Crippen LogP) is 3.39. The van der Waals surface area contributed by atoms with Crippen LogP contribution in [0.1, 0.15) is 5.56 Å². The van der Waals surface area contributed by atoms with E-state index >= 15 is 0 Å². The monoisotopic (exact) mass is 324 g/mol. The van der Waals surface area contributed by atoms with Gasteiger partial charge in [0.1, 0.15) is 5.75 Å². The summed E-state index contributed by atoms with van der Waals surface area (Å²) < 4.78 is 8.17. The van der Waals surface area contributed by atoms with E-state index in [9.17, 15) is 4.79 Å². The minimum atomic E-state index is -0.275. The van der Waals surface area contributed by atoms with Gasteiger partial charge in [0.05, 0.1) is 17.3 Å². The second-order valence-corrected chi connectivity index (χ2v) is 5.98. The molecule has 0 aliphatic carbocycles. The quantitative estimate of drug-likeness (QED) is 0.693. The van der Waals surface area contributed by atoms with Crippen molar-refractivity contribution in [2.75, 3.05) is 7.11 Å². The number of fused-ring (bicyclic) bond motifs is 1. The number of hydrogen-bond acceptors (Lipinski definition) is 3. The predicted molar refractivity (Wildman–Crippen MR) is 93.4 cm³/mol. The summed E-state index contributed by atoms with van der Waals surface area (Å²) in [6.07, 6.45) is 3.25. The molecule has 0 saturated heterocycles. The van der Waals surface area contributed by atoms with Gasteiger partial charge in [-0.3, -0.25) is 4.79 Å². The second-order valence-electron chi connectivity index (χ2n) is 4.97. The minimum absolute atomic E-state index is 0.275. The van der Waals surface area contributed by atoms with Gasteiger partial charge in [-0.2, -0.15) is 4.99 Å². The summed E-state index contributed by atoms with van der Waals surface area (Å²) in [6.45, 7) is 0. The maximum Gasteiger partial charge on any atom is 0.272 e. The second kappa shape index (κ2) is 6.62. The first-order valence-corrected chi connectivity index (χ1v) is 7.94. The molecule has 0 spiro atoms. The number of rotatable bonds is 3. The fraction of sp³-hybridized carbons (Fsp3) is 0.111. The van der Waals surface area contributed by atoms with Crippen molar-refractivity contribution in [2.24, 2.45) is 12.0 Å². The summed E-state index contributed by atoms with van der Waals surface area (Å²) in [4.78, 5) is 16.9. The van der Waals surface area contributed by atoms with Crippen LogP contribution in [0, 0.1) is 0 Å². The van der Waals surface area contributed by atoms with Crippen LogP contribution < -0.4 is 9.54 Å². The Balaban J connectivity index is 1.92. The average molecular weight is 324 g/mol. The molecule has 0 aliphatic heterocycles.